The lowest BCUT2D eigenvalue weighted by molar-refractivity contribution is 0.0938. The molecule has 3 heterocycles. The Labute approximate surface area is 179 Å². The average Bonchev–Trinajstić information content (AvgIpc) is 3.40. The number of hydrogen-bond acceptors (Lipinski definition) is 7. The molecule has 2 aromatic heterocycles. The van der Waals surface area contributed by atoms with Crippen LogP contribution in [0.1, 0.15) is 46.0 Å². The van der Waals surface area contributed by atoms with Crippen LogP contribution in [0, 0.1) is 13.8 Å². The van der Waals surface area contributed by atoms with Crippen LogP contribution >= 0.6 is 11.3 Å². The number of aromatic nitrogens is 3. The highest BCUT2D eigenvalue weighted by molar-refractivity contribution is 7.14. The van der Waals surface area contributed by atoms with Gasteiger partial charge in [0.05, 0.1) is 36.8 Å². The maximum atomic E-state index is 13.0. The maximum Gasteiger partial charge on any atom is 0.251 e. The standard InChI is InChI=1S/C22H24N4O3S/c1-13-9-24-20(11-23-13)15(3)26-21(27)16-6-17(22-25-10-14(2)30-22)8-19(7-16)29-18-4-5-28-12-18/h6-11,15,18H,4-5,12H2,1-3H3,(H,26,27)/t15-,18+/m1/s1. The summed E-state index contributed by atoms with van der Waals surface area (Å²) in [7, 11) is 0. The molecule has 1 N–H and O–H groups in total. The minimum atomic E-state index is -0.274. The Morgan fingerprint density at radius 1 is 1.20 bits per heavy atom. The second-order valence-corrected chi connectivity index (χ2v) is 8.64. The van der Waals surface area contributed by atoms with E-state index in [4.69, 9.17) is 9.47 Å². The number of ether oxygens (including phenoxy) is 2. The molecule has 30 heavy (non-hydrogen) atoms. The molecule has 3 aromatic rings. The fourth-order valence-electron chi connectivity index (χ4n) is 3.19. The van der Waals surface area contributed by atoms with E-state index in [1.807, 2.05) is 39.1 Å². The van der Waals surface area contributed by atoms with Gasteiger partial charge in [-0.1, -0.05) is 0 Å². The largest absolute Gasteiger partial charge is 0.488 e. The van der Waals surface area contributed by atoms with Crippen molar-refractivity contribution in [2.24, 2.45) is 0 Å². The van der Waals surface area contributed by atoms with Crippen LogP contribution in [0.3, 0.4) is 0 Å². The molecule has 156 valence electrons. The zero-order chi connectivity index (χ0) is 21.1. The molecule has 1 aromatic carbocycles. The van der Waals surface area contributed by atoms with Crippen molar-refractivity contribution >= 4 is 17.2 Å². The molecule has 8 heteroatoms. The summed E-state index contributed by atoms with van der Waals surface area (Å²) >= 11 is 1.58. The SMILES string of the molecule is Cc1cnc([C@@H](C)NC(=O)c2cc(O[C@H]3CCOC3)cc(-c3ncc(C)s3)c2)cn1. The first kappa shape index (κ1) is 20.4. The third-order valence-corrected chi connectivity index (χ3v) is 5.78. The second kappa shape index (κ2) is 8.89. The molecule has 1 saturated heterocycles. The van der Waals surface area contributed by atoms with E-state index < -0.39 is 0 Å². The summed E-state index contributed by atoms with van der Waals surface area (Å²) in [5.41, 5.74) is 2.92. The van der Waals surface area contributed by atoms with E-state index in [2.05, 4.69) is 20.3 Å². The summed E-state index contributed by atoms with van der Waals surface area (Å²) in [4.78, 5) is 27.2. The quantitative estimate of drug-likeness (QED) is 0.646. The summed E-state index contributed by atoms with van der Waals surface area (Å²) < 4.78 is 11.5. The highest BCUT2D eigenvalue weighted by Gasteiger charge is 2.20. The Kier molecular flexibility index (Phi) is 6.06. The fraction of sp³-hybridized carbons (Fsp3) is 0.364. The number of carbonyl (C=O) groups is 1. The molecular weight excluding hydrogens is 400 g/mol. The molecule has 1 aliphatic heterocycles. The molecule has 1 aliphatic rings. The average molecular weight is 425 g/mol. The highest BCUT2D eigenvalue weighted by Crippen LogP contribution is 2.30. The maximum absolute atomic E-state index is 13.0. The summed E-state index contributed by atoms with van der Waals surface area (Å²) in [6, 6.07) is 5.27. The minimum absolute atomic E-state index is 0.00375. The van der Waals surface area contributed by atoms with E-state index in [0.717, 1.165) is 27.6 Å². The van der Waals surface area contributed by atoms with Crippen molar-refractivity contribution in [1.82, 2.24) is 20.3 Å². The van der Waals surface area contributed by atoms with Gasteiger partial charge in [-0.15, -0.1) is 11.3 Å². The number of aryl methyl sites for hydroxylation is 2. The lowest BCUT2D eigenvalue weighted by atomic mass is 10.1. The molecule has 0 bridgehead atoms. The smallest absolute Gasteiger partial charge is 0.251 e. The molecule has 2 atom stereocenters. The van der Waals surface area contributed by atoms with E-state index in [1.54, 1.807) is 29.8 Å². The van der Waals surface area contributed by atoms with E-state index in [1.165, 1.54) is 0 Å². The van der Waals surface area contributed by atoms with Gasteiger partial charge in [0.1, 0.15) is 16.9 Å². The van der Waals surface area contributed by atoms with Crippen LogP contribution < -0.4 is 10.1 Å². The normalized spacial score (nSPS) is 17.0. The van der Waals surface area contributed by atoms with Gasteiger partial charge >= 0.3 is 0 Å². The zero-order valence-corrected chi connectivity index (χ0v) is 18.0. The second-order valence-electron chi connectivity index (χ2n) is 7.40. The summed E-state index contributed by atoms with van der Waals surface area (Å²) in [6.45, 7) is 7.03. The van der Waals surface area contributed by atoms with Crippen molar-refractivity contribution in [3.05, 3.63) is 58.6 Å². The molecule has 0 aliphatic carbocycles. The van der Waals surface area contributed by atoms with E-state index in [0.29, 0.717) is 30.2 Å². The van der Waals surface area contributed by atoms with Crippen molar-refractivity contribution in [3.8, 4) is 16.3 Å². The van der Waals surface area contributed by atoms with Crippen molar-refractivity contribution in [3.63, 3.8) is 0 Å². The highest BCUT2D eigenvalue weighted by atomic mass is 32.1. The Balaban J connectivity index is 1.59. The van der Waals surface area contributed by atoms with Crippen molar-refractivity contribution in [2.75, 3.05) is 13.2 Å². The van der Waals surface area contributed by atoms with E-state index >= 15 is 0 Å². The van der Waals surface area contributed by atoms with Gasteiger partial charge in [0.2, 0.25) is 0 Å². The van der Waals surface area contributed by atoms with Gasteiger partial charge in [0, 0.05) is 34.8 Å². The molecule has 1 amide bonds. The fourth-order valence-corrected chi connectivity index (χ4v) is 3.94. The van der Waals surface area contributed by atoms with E-state index in [9.17, 15) is 4.79 Å². The number of hydrogen-bond donors (Lipinski definition) is 1. The minimum Gasteiger partial charge on any atom is -0.488 e. The topological polar surface area (TPSA) is 86.2 Å². The number of rotatable bonds is 6. The first-order chi connectivity index (χ1) is 14.5. The van der Waals surface area contributed by atoms with Gasteiger partial charge in [0.15, 0.2) is 0 Å². The van der Waals surface area contributed by atoms with Gasteiger partial charge in [-0.2, -0.15) is 0 Å². The Morgan fingerprint density at radius 3 is 2.73 bits per heavy atom. The third-order valence-electron chi connectivity index (χ3n) is 4.82. The van der Waals surface area contributed by atoms with Crippen LogP contribution in [-0.4, -0.2) is 40.2 Å². The van der Waals surface area contributed by atoms with Crippen molar-refractivity contribution < 1.29 is 14.3 Å². The predicted molar refractivity (Wildman–Crippen MR) is 115 cm³/mol. The molecule has 7 nitrogen and oxygen atoms in total. The molecule has 0 radical (unpaired) electrons. The van der Waals surface area contributed by atoms with Gasteiger partial charge < -0.3 is 14.8 Å². The zero-order valence-electron chi connectivity index (χ0n) is 17.2. The van der Waals surface area contributed by atoms with Crippen LogP contribution in [-0.2, 0) is 4.74 Å². The van der Waals surface area contributed by atoms with Crippen LogP contribution in [0.5, 0.6) is 5.75 Å². The Morgan fingerprint density at radius 2 is 2.07 bits per heavy atom. The molecule has 1 fully saturated rings. The molecule has 0 saturated carbocycles. The lowest BCUT2D eigenvalue weighted by Gasteiger charge is -2.16. The summed E-state index contributed by atoms with van der Waals surface area (Å²) in [5.74, 6) is 0.441. The van der Waals surface area contributed by atoms with Gasteiger partial charge in [-0.3, -0.25) is 14.8 Å². The number of nitrogens with zero attached hydrogens (tertiary/aromatic N) is 3. The van der Waals surface area contributed by atoms with Crippen molar-refractivity contribution in [1.29, 1.82) is 0 Å². The van der Waals surface area contributed by atoms with Gasteiger partial charge in [0.25, 0.3) is 5.91 Å². The molecule has 0 spiro atoms. The lowest BCUT2D eigenvalue weighted by Crippen LogP contribution is -2.27. The van der Waals surface area contributed by atoms with Crippen LogP contribution in [0.4, 0.5) is 0 Å². The Bertz CT molecular complexity index is 1030. The van der Waals surface area contributed by atoms with Crippen LogP contribution in [0.2, 0.25) is 0 Å². The molecule has 0 unspecified atom stereocenters. The first-order valence-corrected chi connectivity index (χ1v) is 10.7. The van der Waals surface area contributed by atoms with Crippen LogP contribution in [0.15, 0.2) is 36.8 Å². The number of thiazole rings is 1. The molecular formula is C22H24N4O3S. The number of benzene rings is 1. The number of amides is 1. The summed E-state index contributed by atoms with van der Waals surface area (Å²) in [5, 5.41) is 3.85. The first-order valence-electron chi connectivity index (χ1n) is 9.89. The monoisotopic (exact) mass is 424 g/mol. The Hall–Kier alpha value is -2.84. The number of carbonyl (C=O) groups excluding carboxylic acids is 1. The van der Waals surface area contributed by atoms with Gasteiger partial charge in [-0.25, -0.2) is 4.98 Å². The van der Waals surface area contributed by atoms with Gasteiger partial charge in [-0.05, 0) is 39.0 Å². The number of nitrogens with one attached hydrogen (secondary N) is 1. The van der Waals surface area contributed by atoms with Crippen LogP contribution in [0.25, 0.3) is 10.6 Å². The van der Waals surface area contributed by atoms with E-state index in [-0.39, 0.29) is 18.1 Å². The molecule has 4 rings (SSSR count). The predicted octanol–water partition coefficient (Wildman–Crippen LogP) is 3.88. The third kappa shape index (κ3) is 4.83. The summed E-state index contributed by atoms with van der Waals surface area (Å²) in [6.07, 6.45) is 6.04. The van der Waals surface area contributed by atoms with Crippen molar-refractivity contribution in [2.45, 2.75) is 39.3 Å².